The molecule has 0 radical (unpaired) electrons. The highest BCUT2D eigenvalue weighted by Gasteiger charge is 2.05. The Kier molecular flexibility index (Phi) is 4.26. The Morgan fingerprint density at radius 3 is 2.93 bits per heavy atom. The van der Waals surface area contributed by atoms with E-state index >= 15 is 0 Å². The summed E-state index contributed by atoms with van der Waals surface area (Å²) >= 11 is 5.89. The van der Waals surface area contributed by atoms with Crippen LogP contribution in [0, 0.1) is 11.3 Å². The van der Waals surface area contributed by atoms with Gasteiger partial charge in [-0.25, -0.2) is 0 Å². The number of rotatable bonds is 4. The van der Waals surface area contributed by atoms with E-state index in [0.717, 1.165) is 18.7 Å². The number of hydrogen-bond acceptors (Lipinski definition) is 3. The second-order valence-electron chi connectivity index (χ2n) is 3.39. The van der Waals surface area contributed by atoms with Crippen molar-refractivity contribution >= 4 is 23.0 Å². The molecule has 0 fully saturated rings. The maximum Gasteiger partial charge on any atom is 0.0622 e. The number of hydrogen-bond donors (Lipinski definition) is 1. The molecule has 15 heavy (non-hydrogen) atoms. The van der Waals surface area contributed by atoms with Crippen LogP contribution in [-0.4, -0.2) is 13.6 Å². The molecule has 1 aromatic carbocycles. The van der Waals surface area contributed by atoms with Crippen molar-refractivity contribution in [1.29, 1.82) is 5.26 Å². The SMILES string of the molecule is CN(CCCC#N)c1cc(Cl)ccc1N. The number of nitriles is 1. The van der Waals surface area contributed by atoms with Gasteiger partial charge in [0.2, 0.25) is 0 Å². The third-order valence-corrected chi connectivity index (χ3v) is 2.42. The quantitative estimate of drug-likeness (QED) is 0.631. The first-order valence-electron chi connectivity index (χ1n) is 4.78. The molecular formula is C11H14ClN3. The van der Waals surface area contributed by atoms with Crippen molar-refractivity contribution < 1.29 is 0 Å². The fraction of sp³-hybridized carbons (Fsp3) is 0.364. The third kappa shape index (κ3) is 3.34. The Labute approximate surface area is 95.1 Å². The third-order valence-electron chi connectivity index (χ3n) is 2.19. The van der Waals surface area contributed by atoms with Crippen LogP contribution in [0.1, 0.15) is 12.8 Å². The Hall–Kier alpha value is -1.40. The monoisotopic (exact) mass is 223 g/mol. The van der Waals surface area contributed by atoms with Crippen LogP contribution in [0.2, 0.25) is 5.02 Å². The van der Waals surface area contributed by atoms with Crippen LogP contribution >= 0.6 is 11.6 Å². The van der Waals surface area contributed by atoms with Gasteiger partial charge in [0.25, 0.3) is 0 Å². The predicted molar refractivity (Wildman–Crippen MR) is 64.0 cm³/mol. The second-order valence-corrected chi connectivity index (χ2v) is 3.82. The smallest absolute Gasteiger partial charge is 0.0622 e. The Morgan fingerprint density at radius 2 is 2.27 bits per heavy atom. The maximum absolute atomic E-state index is 8.43. The zero-order chi connectivity index (χ0) is 11.3. The average Bonchev–Trinajstić information content (AvgIpc) is 2.22. The zero-order valence-corrected chi connectivity index (χ0v) is 9.46. The molecule has 0 saturated carbocycles. The van der Waals surface area contributed by atoms with Crippen molar-refractivity contribution in [2.75, 3.05) is 24.2 Å². The zero-order valence-electron chi connectivity index (χ0n) is 8.70. The molecule has 1 rings (SSSR count). The summed E-state index contributed by atoms with van der Waals surface area (Å²) in [6, 6.07) is 7.51. The normalized spacial score (nSPS) is 9.67. The van der Waals surface area contributed by atoms with Gasteiger partial charge < -0.3 is 10.6 Å². The van der Waals surface area contributed by atoms with E-state index in [9.17, 15) is 0 Å². The molecule has 2 N–H and O–H groups in total. The lowest BCUT2D eigenvalue weighted by molar-refractivity contribution is 0.807. The van der Waals surface area contributed by atoms with E-state index in [1.54, 1.807) is 12.1 Å². The lowest BCUT2D eigenvalue weighted by atomic mass is 10.2. The molecule has 0 atom stereocenters. The first-order valence-corrected chi connectivity index (χ1v) is 5.16. The van der Waals surface area contributed by atoms with Crippen LogP contribution in [0.4, 0.5) is 11.4 Å². The van der Waals surface area contributed by atoms with Gasteiger partial charge in [-0.3, -0.25) is 0 Å². The lowest BCUT2D eigenvalue weighted by Gasteiger charge is -2.20. The van der Waals surface area contributed by atoms with Gasteiger partial charge in [0.05, 0.1) is 17.4 Å². The van der Waals surface area contributed by atoms with Crippen LogP contribution < -0.4 is 10.6 Å². The molecule has 0 aliphatic rings. The number of nitrogens with zero attached hydrogens (tertiary/aromatic N) is 2. The van der Waals surface area contributed by atoms with Gasteiger partial charge >= 0.3 is 0 Å². The molecule has 0 spiro atoms. The van der Waals surface area contributed by atoms with E-state index in [2.05, 4.69) is 6.07 Å². The van der Waals surface area contributed by atoms with E-state index < -0.39 is 0 Å². The number of nitrogens with two attached hydrogens (primary N) is 1. The summed E-state index contributed by atoms with van der Waals surface area (Å²) in [4.78, 5) is 2.01. The number of anilines is 2. The van der Waals surface area contributed by atoms with Gasteiger partial charge in [0.15, 0.2) is 0 Å². The van der Waals surface area contributed by atoms with Gasteiger partial charge in [-0.2, -0.15) is 5.26 Å². The molecule has 3 nitrogen and oxygen atoms in total. The molecule has 0 unspecified atom stereocenters. The van der Waals surface area contributed by atoms with Crippen LogP contribution in [0.5, 0.6) is 0 Å². The number of halogens is 1. The standard InChI is InChI=1S/C11H14ClN3/c1-15(7-3-2-6-13)11-8-9(12)4-5-10(11)14/h4-5,8H,2-3,7,14H2,1H3. The van der Waals surface area contributed by atoms with Crippen molar-refractivity contribution in [2.24, 2.45) is 0 Å². The molecule has 0 aliphatic heterocycles. The summed E-state index contributed by atoms with van der Waals surface area (Å²) in [5.41, 5.74) is 7.45. The van der Waals surface area contributed by atoms with Crippen molar-refractivity contribution in [3.63, 3.8) is 0 Å². The Morgan fingerprint density at radius 1 is 1.53 bits per heavy atom. The fourth-order valence-electron chi connectivity index (χ4n) is 1.36. The highest BCUT2D eigenvalue weighted by Crippen LogP contribution is 2.26. The minimum Gasteiger partial charge on any atom is -0.397 e. The summed E-state index contributed by atoms with van der Waals surface area (Å²) in [5, 5.41) is 9.11. The number of unbranched alkanes of at least 4 members (excludes halogenated alkanes) is 1. The summed E-state index contributed by atoms with van der Waals surface area (Å²) in [5.74, 6) is 0. The van der Waals surface area contributed by atoms with Gasteiger partial charge in [0, 0.05) is 25.0 Å². The molecule has 1 aromatic rings. The molecule has 0 bridgehead atoms. The minimum atomic E-state index is 0.560. The number of nitrogen functional groups attached to an aromatic ring is 1. The molecule has 0 amide bonds. The van der Waals surface area contributed by atoms with Crippen LogP contribution in [0.3, 0.4) is 0 Å². The largest absolute Gasteiger partial charge is 0.397 e. The van der Waals surface area contributed by atoms with Crippen molar-refractivity contribution in [3.8, 4) is 6.07 Å². The molecule has 0 aromatic heterocycles. The van der Waals surface area contributed by atoms with E-state index in [-0.39, 0.29) is 0 Å². The van der Waals surface area contributed by atoms with Crippen LogP contribution in [0.25, 0.3) is 0 Å². The van der Waals surface area contributed by atoms with E-state index in [1.807, 2.05) is 18.0 Å². The molecule has 4 heteroatoms. The van der Waals surface area contributed by atoms with E-state index in [4.69, 9.17) is 22.6 Å². The van der Waals surface area contributed by atoms with E-state index in [1.165, 1.54) is 0 Å². The summed E-state index contributed by atoms with van der Waals surface area (Å²) in [6.45, 7) is 0.804. The Balaban J connectivity index is 2.69. The molecular weight excluding hydrogens is 210 g/mol. The predicted octanol–water partition coefficient (Wildman–Crippen LogP) is 2.66. The summed E-state index contributed by atoms with van der Waals surface area (Å²) < 4.78 is 0. The molecule has 80 valence electrons. The fourth-order valence-corrected chi connectivity index (χ4v) is 1.53. The molecule has 0 aliphatic carbocycles. The highest BCUT2D eigenvalue weighted by atomic mass is 35.5. The van der Waals surface area contributed by atoms with Gasteiger partial charge in [-0.05, 0) is 24.6 Å². The van der Waals surface area contributed by atoms with Gasteiger partial charge in [-0.15, -0.1) is 0 Å². The maximum atomic E-state index is 8.43. The van der Waals surface area contributed by atoms with Gasteiger partial charge in [-0.1, -0.05) is 11.6 Å². The first kappa shape index (κ1) is 11.7. The summed E-state index contributed by atoms with van der Waals surface area (Å²) in [7, 11) is 1.94. The van der Waals surface area contributed by atoms with Crippen molar-refractivity contribution in [3.05, 3.63) is 23.2 Å². The average molecular weight is 224 g/mol. The van der Waals surface area contributed by atoms with Gasteiger partial charge in [0.1, 0.15) is 0 Å². The Bertz CT molecular complexity index is 371. The summed E-state index contributed by atoms with van der Waals surface area (Å²) in [6.07, 6.45) is 1.39. The first-order chi connectivity index (χ1) is 7.15. The van der Waals surface area contributed by atoms with Crippen LogP contribution in [0.15, 0.2) is 18.2 Å². The lowest BCUT2D eigenvalue weighted by Crippen LogP contribution is -2.19. The highest BCUT2D eigenvalue weighted by molar-refractivity contribution is 6.31. The topological polar surface area (TPSA) is 53.0 Å². The minimum absolute atomic E-state index is 0.560. The molecule has 0 heterocycles. The second kappa shape index (κ2) is 5.47. The van der Waals surface area contributed by atoms with E-state index in [0.29, 0.717) is 17.1 Å². The van der Waals surface area contributed by atoms with Crippen molar-refractivity contribution in [2.45, 2.75) is 12.8 Å². The number of benzene rings is 1. The van der Waals surface area contributed by atoms with Crippen LogP contribution in [-0.2, 0) is 0 Å². The molecule has 0 saturated heterocycles. The van der Waals surface area contributed by atoms with Crippen molar-refractivity contribution in [1.82, 2.24) is 0 Å².